The van der Waals surface area contributed by atoms with E-state index >= 15 is 0 Å². The Labute approximate surface area is 234 Å². The van der Waals surface area contributed by atoms with Crippen molar-refractivity contribution >= 4 is 61.7 Å². The number of aromatic nitrogens is 3. The number of anilines is 3. The highest BCUT2D eigenvalue weighted by Gasteiger charge is 2.23. The molecule has 6 aromatic rings. The second-order valence-corrected chi connectivity index (χ2v) is 10.3. The lowest BCUT2D eigenvalue weighted by Gasteiger charge is -2.16. The highest BCUT2D eigenvalue weighted by atomic mass is 19.1. The Morgan fingerprint density at radius 2 is 1.90 bits per heavy atom. The molecule has 1 aliphatic rings. The first-order valence-electron chi connectivity index (χ1n) is 13.3. The summed E-state index contributed by atoms with van der Waals surface area (Å²) in [7, 11) is 0. The molecule has 7 rings (SSSR count). The van der Waals surface area contributed by atoms with Crippen LogP contribution in [0.1, 0.15) is 28.8 Å². The number of nitrogens with zero attached hydrogens (tertiary/aromatic N) is 3. The van der Waals surface area contributed by atoms with E-state index in [1.807, 2.05) is 49.4 Å². The first-order valence-corrected chi connectivity index (χ1v) is 13.3. The van der Waals surface area contributed by atoms with Crippen LogP contribution in [0.25, 0.3) is 43.8 Å². The van der Waals surface area contributed by atoms with Gasteiger partial charge in [0.05, 0.1) is 16.6 Å². The van der Waals surface area contributed by atoms with Gasteiger partial charge in [-0.1, -0.05) is 24.3 Å². The summed E-state index contributed by atoms with van der Waals surface area (Å²) in [5.74, 6) is -0.286. The Balaban J connectivity index is 1.39. The lowest BCUT2D eigenvalue weighted by Crippen LogP contribution is -2.23. The molecular weight excluding hydrogens is 519 g/mol. The monoisotopic (exact) mass is 544 g/mol. The minimum absolute atomic E-state index is 0.109. The zero-order valence-corrected chi connectivity index (χ0v) is 22.2. The maximum atomic E-state index is 14.0. The van der Waals surface area contributed by atoms with Gasteiger partial charge in [0.1, 0.15) is 18.0 Å². The maximum Gasteiger partial charge on any atom is 0.250 e. The van der Waals surface area contributed by atoms with Crippen molar-refractivity contribution in [3.8, 4) is 11.1 Å². The number of hydrogen-bond donors (Lipinski definition) is 3. The lowest BCUT2D eigenvalue weighted by molar-refractivity contribution is -0.117. The van der Waals surface area contributed by atoms with Crippen LogP contribution in [0.2, 0.25) is 0 Å². The standard InChI is InChI=1S/C32H25FN6O2/c1-17-20(4-2-5-25(17)38-32-24-14-18(33)7-12-26(24)35-16-36-32)21-10-11-23(31(34)41)30-29(21)22-9-8-19(15-27(22)37-30)39-13-3-6-28(39)40/h2,4-5,7-12,14-16,37H,3,6,13H2,1H3,(H2,34,41)(H,35,36,38). The van der Waals surface area contributed by atoms with E-state index in [-0.39, 0.29) is 11.7 Å². The van der Waals surface area contributed by atoms with Crippen LogP contribution in [0.3, 0.4) is 0 Å². The van der Waals surface area contributed by atoms with Gasteiger partial charge in [-0.2, -0.15) is 0 Å². The highest BCUT2D eigenvalue weighted by molar-refractivity contribution is 6.20. The summed E-state index contributed by atoms with van der Waals surface area (Å²) in [6.07, 6.45) is 2.83. The van der Waals surface area contributed by atoms with Crippen LogP contribution in [-0.4, -0.2) is 33.3 Å². The first kappa shape index (κ1) is 24.7. The molecule has 41 heavy (non-hydrogen) atoms. The van der Waals surface area contributed by atoms with Crippen molar-refractivity contribution in [3.63, 3.8) is 0 Å². The molecule has 0 saturated carbocycles. The molecule has 0 radical (unpaired) electrons. The van der Waals surface area contributed by atoms with Crippen LogP contribution >= 0.6 is 0 Å². The number of H-pyrrole nitrogens is 1. The summed E-state index contributed by atoms with van der Waals surface area (Å²) in [6.45, 7) is 2.69. The number of nitrogens with two attached hydrogens (primary N) is 1. The Bertz CT molecular complexity index is 2050. The summed E-state index contributed by atoms with van der Waals surface area (Å²) < 4.78 is 14.0. The van der Waals surface area contributed by atoms with Crippen LogP contribution in [0.15, 0.2) is 73.1 Å². The number of primary amides is 1. The Morgan fingerprint density at radius 1 is 1.02 bits per heavy atom. The van der Waals surface area contributed by atoms with E-state index in [0.29, 0.717) is 40.8 Å². The van der Waals surface area contributed by atoms with E-state index in [4.69, 9.17) is 5.73 Å². The van der Waals surface area contributed by atoms with Gasteiger partial charge < -0.3 is 20.9 Å². The van der Waals surface area contributed by atoms with E-state index in [0.717, 1.165) is 50.8 Å². The molecule has 202 valence electrons. The molecule has 8 nitrogen and oxygen atoms in total. The van der Waals surface area contributed by atoms with E-state index in [1.54, 1.807) is 17.0 Å². The molecule has 1 fully saturated rings. The molecule has 3 heterocycles. The van der Waals surface area contributed by atoms with E-state index in [1.165, 1.54) is 18.5 Å². The maximum absolute atomic E-state index is 14.0. The van der Waals surface area contributed by atoms with Crippen molar-refractivity contribution < 1.29 is 14.0 Å². The Hall–Kier alpha value is -5.31. The average Bonchev–Trinajstić information content (AvgIpc) is 3.57. The fourth-order valence-corrected chi connectivity index (χ4v) is 5.84. The van der Waals surface area contributed by atoms with E-state index in [9.17, 15) is 14.0 Å². The summed E-state index contributed by atoms with van der Waals surface area (Å²) in [5, 5.41) is 5.73. The normalized spacial score (nSPS) is 13.5. The van der Waals surface area contributed by atoms with Gasteiger partial charge in [-0.05, 0) is 72.5 Å². The zero-order chi connectivity index (χ0) is 28.2. The van der Waals surface area contributed by atoms with Crippen molar-refractivity contribution in [2.45, 2.75) is 19.8 Å². The fraction of sp³-hybridized carbons (Fsp3) is 0.125. The van der Waals surface area contributed by atoms with E-state index < -0.39 is 5.91 Å². The zero-order valence-electron chi connectivity index (χ0n) is 22.2. The summed E-state index contributed by atoms with van der Waals surface area (Å²) in [4.78, 5) is 38.6. The molecular formula is C32H25FN6O2. The van der Waals surface area contributed by atoms with Crippen LogP contribution in [-0.2, 0) is 4.79 Å². The van der Waals surface area contributed by atoms with Gasteiger partial charge in [-0.15, -0.1) is 0 Å². The molecule has 0 unspecified atom stereocenters. The third-order valence-electron chi connectivity index (χ3n) is 7.86. The van der Waals surface area contributed by atoms with Crippen LogP contribution < -0.4 is 16.0 Å². The largest absolute Gasteiger partial charge is 0.366 e. The predicted octanol–water partition coefficient (Wildman–Crippen LogP) is 6.35. The van der Waals surface area contributed by atoms with Crippen molar-refractivity contribution in [2.24, 2.45) is 5.73 Å². The van der Waals surface area contributed by atoms with Crippen LogP contribution in [0, 0.1) is 12.7 Å². The van der Waals surface area contributed by atoms with Crippen molar-refractivity contribution in [1.82, 2.24) is 15.0 Å². The number of carbonyl (C=O) groups is 2. The van der Waals surface area contributed by atoms with Gasteiger partial charge in [0.25, 0.3) is 5.91 Å². The molecule has 4 aromatic carbocycles. The number of benzene rings is 4. The average molecular weight is 545 g/mol. The molecule has 0 spiro atoms. The van der Waals surface area contributed by atoms with E-state index in [2.05, 4.69) is 20.3 Å². The number of nitrogens with one attached hydrogen (secondary N) is 2. The molecule has 1 saturated heterocycles. The number of halogens is 1. The molecule has 9 heteroatoms. The third kappa shape index (κ3) is 4.05. The Kier molecular flexibility index (Phi) is 5.67. The topological polar surface area (TPSA) is 117 Å². The lowest BCUT2D eigenvalue weighted by atomic mass is 9.93. The van der Waals surface area contributed by atoms with Crippen molar-refractivity contribution in [3.05, 3.63) is 90.0 Å². The number of aromatic amines is 1. The summed E-state index contributed by atoms with van der Waals surface area (Å²) >= 11 is 0. The Morgan fingerprint density at radius 3 is 2.71 bits per heavy atom. The summed E-state index contributed by atoms with van der Waals surface area (Å²) in [6, 6.07) is 19.9. The van der Waals surface area contributed by atoms with Crippen molar-refractivity contribution in [1.29, 1.82) is 0 Å². The van der Waals surface area contributed by atoms with Gasteiger partial charge in [0.2, 0.25) is 5.91 Å². The second kappa shape index (κ2) is 9.41. The van der Waals surface area contributed by atoms with Gasteiger partial charge >= 0.3 is 0 Å². The SMILES string of the molecule is Cc1c(Nc2ncnc3ccc(F)cc23)cccc1-c1ccc(C(N)=O)c2[nH]c3cc(N4CCCC4=O)ccc3c12. The number of hydrogen-bond acceptors (Lipinski definition) is 5. The quantitative estimate of drug-likeness (QED) is 0.234. The van der Waals surface area contributed by atoms with Gasteiger partial charge in [0.15, 0.2) is 0 Å². The second-order valence-electron chi connectivity index (χ2n) is 10.3. The molecule has 2 aromatic heterocycles. The fourth-order valence-electron chi connectivity index (χ4n) is 5.84. The number of amides is 2. The number of rotatable bonds is 5. The van der Waals surface area contributed by atoms with Crippen LogP contribution in [0.5, 0.6) is 0 Å². The first-order chi connectivity index (χ1) is 19.9. The third-order valence-corrected chi connectivity index (χ3v) is 7.86. The molecule has 0 bridgehead atoms. The number of carbonyl (C=O) groups excluding carboxylic acids is 2. The highest BCUT2D eigenvalue weighted by Crippen LogP contribution is 2.40. The molecule has 4 N–H and O–H groups in total. The minimum Gasteiger partial charge on any atom is -0.366 e. The van der Waals surface area contributed by atoms with Crippen molar-refractivity contribution in [2.75, 3.05) is 16.8 Å². The van der Waals surface area contributed by atoms with Gasteiger partial charge in [-0.3, -0.25) is 9.59 Å². The smallest absolute Gasteiger partial charge is 0.250 e. The summed E-state index contributed by atoms with van der Waals surface area (Å²) in [5.41, 5.74) is 12.7. The van der Waals surface area contributed by atoms with Crippen LogP contribution in [0.4, 0.5) is 21.6 Å². The molecule has 1 aliphatic heterocycles. The predicted molar refractivity (Wildman–Crippen MR) is 159 cm³/mol. The molecule has 0 atom stereocenters. The molecule has 2 amide bonds. The number of fused-ring (bicyclic) bond motifs is 4. The van der Waals surface area contributed by atoms with Gasteiger partial charge in [-0.25, -0.2) is 14.4 Å². The molecule has 0 aliphatic carbocycles. The van der Waals surface area contributed by atoms with Gasteiger partial charge in [0, 0.05) is 46.0 Å². The minimum atomic E-state index is -0.530.